The molecule has 0 saturated heterocycles. The number of carbonyl (C=O) groups excluding carboxylic acids is 2. The molecule has 0 fully saturated rings. The normalized spacial score (nSPS) is 10.6. The fourth-order valence-electron chi connectivity index (χ4n) is 2.82. The molecule has 3 aromatic rings. The minimum absolute atomic E-state index is 0.0233. The van der Waals surface area contributed by atoms with Crippen molar-refractivity contribution in [3.8, 4) is 0 Å². The molecule has 2 aromatic carbocycles. The molecule has 0 aliphatic heterocycles. The van der Waals surface area contributed by atoms with Crippen molar-refractivity contribution in [1.29, 1.82) is 0 Å². The van der Waals surface area contributed by atoms with Crippen molar-refractivity contribution in [2.75, 3.05) is 16.4 Å². The highest BCUT2D eigenvalue weighted by atomic mass is 16.2. The number of aromatic nitrogens is 3. The van der Waals surface area contributed by atoms with Crippen LogP contribution < -0.4 is 16.4 Å². The summed E-state index contributed by atoms with van der Waals surface area (Å²) in [7, 11) is 0. The summed E-state index contributed by atoms with van der Waals surface area (Å²) in [5, 5.41) is 13.3. The second kappa shape index (κ2) is 8.14. The van der Waals surface area contributed by atoms with Gasteiger partial charge in [0.25, 0.3) is 5.91 Å². The number of amides is 2. The van der Waals surface area contributed by atoms with Gasteiger partial charge in [-0.15, -0.1) is 5.10 Å². The summed E-state index contributed by atoms with van der Waals surface area (Å²) < 4.78 is 1.20. The summed E-state index contributed by atoms with van der Waals surface area (Å²) in [5.74, 6) is -0.758. The predicted molar refractivity (Wildman–Crippen MR) is 113 cm³/mol. The molecular formula is C21H24N6O2. The first-order valence-corrected chi connectivity index (χ1v) is 9.20. The van der Waals surface area contributed by atoms with E-state index in [1.807, 2.05) is 58.0 Å². The molecule has 29 heavy (non-hydrogen) atoms. The number of nitrogen functional groups attached to an aromatic ring is 1. The third-order valence-corrected chi connectivity index (χ3v) is 4.93. The van der Waals surface area contributed by atoms with Crippen LogP contribution in [0.1, 0.15) is 32.7 Å². The van der Waals surface area contributed by atoms with Gasteiger partial charge in [0.2, 0.25) is 5.91 Å². The third-order valence-electron chi connectivity index (χ3n) is 4.93. The first kappa shape index (κ1) is 20.1. The molecule has 1 heterocycles. The monoisotopic (exact) mass is 392 g/mol. The molecule has 8 nitrogen and oxygen atoms in total. The Kier molecular flexibility index (Phi) is 5.63. The van der Waals surface area contributed by atoms with Crippen molar-refractivity contribution in [3.63, 3.8) is 0 Å². The fourth-order valence-corrected chi connectivity index (χ4v) is 2.82. The van der Waals surface area contributed by atoms with Gasteiger partial charge < -0.3 is 16.4 Å². The van der Waals surface area contributed by atoms with Crippen molar-refractivity contribution in [1.82, 2.24) is 15.0 Å². The van der Waals surface area contributed by atoms with Crippen LogP contribution in [0, 0.1) is 27.7 Å². The van der Waals surface area contributed by atoms with Crippen LogP contribution in [-0.4, -0.2) is 26.8 Å². The number of nitrogens with two attached hydrogens (primary N) is 1. The number of nitrogens with one attached hydrogen (secondary N) is 2. The summed E-state index contributed by atoms with van der Waals surface area (Å²) in [6, 6.07) is 11.3. The number of carbonyl (C=O) groups is 2. The van der Waals surface area contributed by atoms with E-state index in [1.54, 1.807) is 6.07 Å². The van der Waals surface area contributed by atoms with Gasteiger partial charge in [-0.05, 0) is 68.1 Å². The lowest BCUT2D eigenvalue weighted by Gasteiger charge is -2.10. The standard InChI is InChI=1S/C21H24N6O2/c1-12-8-9-16(10-14(12)3)23-18(28)11-27-20(22)19(25-26-27)21(29)24-17-7-5-6-13(2)15(17)4/h5-10H,11,22H2,1-4H3,(H,23,28)(H,24,29). The maximum atomic E-state index is 12.6. The van der Waals surface area contributed by atoms with Crippen LogP contribution in [0.4, 0.5) is 17.2 Å². The molecule has 0 saturated carbocycles. The maximum absolute atomic E-state index is 12.6. The lowest BCUT2D eigenvalue weighted by Crippen LogP contribution is -2.21. The van der Waals surface area contributed by atoms with Gasteiger partial charge in [0.15, 0.2) is 11.5 Å². The van der Waals surface area contributed by atoms with Crippen molar-refractivity contribution < 1.29 is 9.59 Å². The number of rotatable bonds is 5. The van der Waals surface area contributed by atoms with E-state index in [9.17, 15) is 9.59 Å². The molecule has 2 amide bonds. The Morgan fingerprint density at radius 2 is 1.76 bits per heavy atom. The molecule has 4 N–H and O–H groups in total. The van der Waals surface area contributed by atoms with E-state index in [2.05, 4.69) is 20.9 Å². The van der Waals surface area contributed by atoms with E-state index < -0.39 is 5.91 Å². The minimum atomic E-state index is -0.475. The Morgan fingerprint density at radius 1 is 1.00 bits per heavy atom. The highest BCUT2D eigenvalue weighted by Gasteiger charge is 2.20. The molecule has 150 valence electrons. The van der Waals surface area contributed by atoms with Gasteiger partial charge in [0.1, 0.15) is 6.54 Å². The molecule has 0 unspecified atom stereocenters. The molecule has 1 aromatic heterocycles. The van der Waals surface area contributed by atoms with Crippen LogP contribution in [0.25, 0.3) is 0 Å². The second-order valence-electron chi connectivity index (χ2n) is 7.03. The van der Waals surface area contributed by atoms with Crippen molar-refractivity contribution in [2.24, 2.45) is 0 Å². The van der Waals surface area contributed by atoms with Crippen molar-refractivity contribution >= 4 is 29.0 Å². The molecular weight excluding hydrogens is 368 g/mol. The van der Waals surface area contributed by atoms with Gasteiger partial charge in [-0.3, -0.25) is 9.59 Å². The average molecular weight is 392 g/mol. The summed E-state index contributed by atoms with van der Waals surface area (Å²) in [5.41, 5.74) is 11.6. The highest BCUT2D eigenvalue weighted by Crippen LogP contribution is 2.20. The summed E-state index contributed by atoms with van der Waals surface area (Å²) >= 11 is 0. The minimum Gasteiger partial charge on any atom is -0.382 e. The first-order valence-electron chi connectivity index (χ1n) is 9.20. The summed E-state index contributed by atoms with van der Waals surface area (Å²) in [6.45, 7) is 7.71. The molecule has 0 spiro atoms. The molecule has 0 radical (unpaired) electrons. The molecule has 3 rings (SSSR count). The van der Waals surface area contributed by atoms with Gasteiger partial charge >= 0.3 is 0 Å². The number of aryl methyl sites for hydroxylation is 3. The number of hydrogen-bond donors (Lipinski definition) is 3. The molecule has 0 aliphatic carbocycles. The lowest BCUT2D eigenvalue weighted by atomic mass is 10.1. The fraction of sp³-hybridized carbons (Fsp3) is 0.238. The average Bonchev–Trinajstić information content (AvgIpc) is 3.02. The predicted octanol–water partition coefficient (Wildman–Crippen LogP) is 2.98. The van der Waals surface area contributed by atoms with Crippen LogP contribution >= 0.6 is 0 Å². The van der Waals surface area contributed by atoms with E-state index in [4.69, 9.17) is 5.73 Å². The number of anilines is 3. The van der Waals surface area contributed by atoms with E-state index >= 15 is 0 Å². The third kappa shape index (κ3) is 4.43. The molecule has 8 heteroatoms. The Hall–Kier alpha value is -3.68. The zero-order valence-electron chi connectivity index (χ0n) is 16.9. The Balaban J connectivity index is 1.69. The van der Waals surface area contributed by atoms with Crippen LogP contribution in [-0.2, 0) is 11.3 Å². The summed E-state index contributed by atoms with van der Waals surface area (Å²) in [4.78, 5) is 24.9. The van der Waals surface area contributed by atoms with E-state index in [0.717, 1.165) is 22.3 Å². The summed E-state index contributed by atoms with van der Waals surface area (Å²) in [6.07, 6.45) is 0. The smallest absolute Gasteiger partial charge is 0.280 e. The molecule has 0 atom stereocenters. The first-order chi connectivity index (χ1) is 13.8. The zero-order valence-corrected chi connectivity index (χ0v) is 16.9. The van der Waals surface area contributed by atoms with Crippen LogP contribution in [0.2, 0.25) is 0 Å². The highest BCUT2D eigenvalue weighted by molar-refractivity contribution is 6.06. The van der Waals surface area contributed by atoms with Gasteiger partial charge in [0, 0.05) is 11.4 Å². The van der Waals surface area contributed by atoms with E-state index in [1.165, 1.54) is 4.68 Å². The van der Waals surface area contributed by atoms with Crippen LogP contribution in [0.3, 0.4) is 0 Å². The number of benzene rings is 2. The van der Waals surface area contributed by atoms with Gasteiger partial charge in [-0.1, -0.05) is 23.4 Å². The lowest BCUT2D eigenvalue weighted by molar-refractivity contribution is -0.116. The van der Waals surface area contributed by atoms with Crippen molar-refractivity contribution in [2.45, 2.75) is 34.2 Å². The Bertz CT molecular complexity index is 1090. The topological polar surface area (TPSA) is 115 Å². The van der Waals surface area contributed by atoms with Crippen LogP contribution in [0.15, 0.2) is 36.4 Å². The van der Waals surface area contributed by atoms with Crippen molar-refractivity contribution in [3.05, 3.63) is 64.3 Å². The Morgan fingerprint density at radius 3 is 2.48 bits per heavy atom. The number of nitrogens with zero attached hydrogens (tertiary/aromatic N) is 3. The van der Waals surface area contributed by atoms with E-state index in [0.29, 0.717) is 11.4 Å². The second-order valence-corrected chi connectivity index (χ2v) is 7.03. The van der Waals surface area contributed by atoms with Crippen LogP contribution in [0.5, 0.6) is 0 Å². The molecule has 0 bridgehead atoms. The largest absolute Gasteiger partial charge is 0.382 e. The van der Waals surface area contributed by atoms with Gasteiger partial charge in [0.05, 0.1) is 0 Å². The maximum Gasteiger partial charge on any atom is 0.280 e. The van der Waals surface area contributed by atoms with Gasteiger partial charge in [-0.2, -0.15) is 0 Å². The quantitative estimate of drug-likeness (QED) is 0.617. The Labute approximate surface area is 169 Å². The molecule has 0 aliphatic rings. The van der Waals surface area contributed by atoms with E-state index in [-0.39, 0.29) is 24.0 Å². The van der Waals surface area contributed by atoms with Gasteiger partial charge in [-0.25, -0.2) is 4.68 Å². The zero-order chi connectivity index (χ0) is 21.1. The number of hydrogen-bond acceptors (Lipinski definition) is 5. The SMILES string of the molecule is Cc1ccc(NC(=O)Cn2nnc(C(=O)Nc3cccc(C)c3C)c2N)cc1C.